The Labute approximate surface area is 122 Å². The maximum absolute atomic E-state index is 12.3. The first kappa shape index (κ1) is 15.0. The Morgan fingerprint density at radius 2 is 1.81 bits per heavy atom. The van der Waals surface area contributed by atoms with Crippen LogP contribution in [0.5, 0.6) is 5.75 Å². The topological polar surface area (TPSA) is 86.5 Å². The maximum Gasteiger partial charge on any atom is 0.277 e. The average molecular weight is 307 g/mol. The van der Waals surface area contributed by atoms with Crippen molar-refractivity contribution >= 4 is 15.5 Å². The van der Waals surface area contributed by atoms with Gasteiger partial charge in [-0.1, -0.05) is 18.2 Å². The van der Waals surface area contributed by atoms with Crippen LogP contribution in [0.1, 0.15) is 5.56 Å². The molecule has 0 spiro atoms. The van der Waals surface area contributed by atoms with Crippen molar-refractivity contribution in [2.45, 2.75) is 10.6 Å². The molecule has 0 aliphatic heterocycles. The minimum absolute atomic E-state index is 0.129. The molecule has 0 aromatic heterocycles. The van der Waals surface area contributed by atoms with E-state index in [1.54, 1.807) is 18.2 Å². The number of sulfone groups is 1. The number of nitro groups is 1. The Bertz CT molecular complexity index is 756. The molecule has 0 aliphatic carbocycles. The van der Waals surface area contributed by atoms with Gasteiger partial charge < -0.3 is 4.74 Å². The molecule has 110 valence electrons. The fourth-order valence-electron chi connectivity index (χ4n) is 1.88. The van der Waals surface area contributed by atoms with Gasteiger partial charge in [0.25, 0.3) is 5.69 Å². The number of rotatable bonds is 5. The maximum atomic E-state index is 12.3. The third kappa shape index (κ3) is 3.38. The van der Waals surface area contributed by atoms with Crippen LogP contribution in [0.15, 0.2) is 53.4 Å². The lowest BCUT2D eigenvalue weighted by Crippen LogP contribution is -2.07. The highest BCUT2D eigenvalue weighted by atomic mass is 32.2. The second-order valence-electron chi connectivity index (χ2n) is 4.32. The van der Waals surface area contributed by atoms with Crippen LogP contribution in [-0.2, 0) is 15.6 Å². The van der Waals surface area contributed by atoms with Crippen molar-refractivity contribution in [1.29, 1.82) is 0 Å². The van der Waals surface area contributed by atoms with Gasteiger partial charge in [0.05, 0.1) is 28.7 Å². The first-order chi connectivity index (χ1) is 9.94. The zero-order valence-corrected chi connectivity index (χ0v) is 12.0. The quantitative estimate of drug-likeness (QED) is 0.626. The zero-order valence-electron chi connectivity index (χ0n) is 11.2. The van der Waals surface area contributed by atoms with Gasteiger partial charge in [-0.2, -0.15) is 0 Å². The SMILES string of the molecule is COc1ccc(CS(=O)(=O)c2ccccc2)c([N+](=O)[O-])c1. The minimum atomic E-state index is -3.63. The van der Waals surface area contributed by atoms with Crippen molar-refractivity contribution in [2.24, 2.45) is 0 Å². The highest BCUT2D eigenvalue weighted by Crippen LogP contribution is 2.27. The van der Waals surface area contributed by atoms with Gasteiger partial charge in [-0.25, -0.2) is 8.42 Å². The van der Waals surface area contributed by atoms with Crippen LogP contribution in [0.2, 0.25) is 0 Å². The average Bonchev–Trinajstić information content (AvgIpc) is 2.48. The number of nitrogens with zero attached hydrogens (tertiary/aromatic N) is 1. The van der Waals surface area contributed by atoms with Gasteiger partial charge in [-0.3, -0.25) is 10.1 Å². The molecule has 0 heterocycles. The Hall–Kier alpha value is -2.41. The molecular weight excluding hydrogens is 294 g/mol. The van der Waals surface area contributed by atoms with Crippen LogP contribution in [0.25, 0.3) is 0 Å². The normalized spacial score (nSPS) is 11.1. The summed E-state index contributed by atoms with van der Waals surface area (Å²) in [6.07, 6.45) is 0. The van der Waals surface area contributed by atoms with Crippen molar-refractivity contribution in [1.82, 2.24) is 0 Å². The Morgan fingerprint density at radius 3 is 2.38 bits per heavy atom. The number of benzene rings is 2. The molecule has 21 heavy (non-hydrogen) atoms. The summed E-state index contributed by atoms with van der Waals surface area (Å²) in [6, 6.07) is 12.0. The number of nitro benzene ring substituents is 1. The van der Waals surface area contributed by atoms with Crippen molar-refractivity contribution < 1.29 is 18.1 Å². The van der Waals surface area contributed by atoms with E-state index in [0.717, 1.165) is 0 Å². The molecule has 2 aromatic rings. The fourth-order valence-corrected chi connectivity index (χ4v) is 3.27. The molecule has 0 saturated carbocycles. The van der Waals surface area contributed by atoms with Gasteiger partial charge in [-0.05, 0) is 24.3 Å². The van der Waals surface area contributed by atoms with Crippen LogP contribution in [0.3, 0.4) is 0 Å². The lowest BCUT2D eigenvalue weighted by atomic mass is 10.2. The number of hydrogen-bond acceptors (Lipinski definition) is 5. The smallest absolute Gasteiger partial charge is 0.277 e. The molecule has 2 rings (SSSR count). The summed E-state index contributed by atoms with van der Waals surface area (Å²) in [5.41, 5.74) is -0.140. The van der Waals surface area contributed by atoms with Gasteiger partial charge in [-0.15, -0.1) is 0 Å². The third-order valence-corrected chi connectivity index (χ3v) is 4.62. The van der Waals surface area contributed by atoms with Crippen molar-refractivity contribution in [2.75, 3.05) is 7.11 Å². The molecule has 0 saturated heterocycles. The minimum Gasteiger partial charge on any atom is -0.497 e. The van der Waals surface area contributed by atoms with Crippen LogP contribution >= 0.6 is 0 Å². The Kier molecular flexibility index (Phi) is 4.23. The van der Waals surface area contributed by atoms with Crippen LogP contribution in [0, 0.1) is 10.1 Å². The van der Waals surface area contributed by atoms with E-state index < -0.39 is 20.5 Å². The van der Waals surface area contributed by atoms with E-state index in [-0.39, 0.29) is 16.1 Å². The van der Waals surface area contributed by atoms with E-state index in [1.165, 1.54) is 37.4 Å². The van der Waals surface area contributed by atoms with Crippen molar-refractivity contribution in [3.05, 3.63) is 64.2 Å². The molecule has 0 bridgehead atoms. The van der Waals surface area contributed by atoms with Gasteiger partial charge in [0.2, 0.25) is 0 Å². The number of methoxy groups -OCH3 is 1. The number of ether oxygens (including phenoxy) is 1. The predicted molar refractivity (Wildman–Crippen MR) is 77.0 cm³/mol. The largest absolute Gasteiger partial charge is 0.497 e. The third-order valence-electron chi connectivity index (χ3n) is 2.94. The zero-order chi connectivity index (χ0) is 15.5. The summed E-state index contributed by atoms with van der Waals surface area (Å²) in [5, 5.41) is 11.1. The van der Waals surface area contributed by atoms with E-state index >= 15 is 0 Å². The van der Waals surface area contributed by atoms with Crippen molar-refractivity contribution in [3.8, 4) is 5.75 Å². The number of hydrogen-bond donors (Lipinski definition) is 0. The molecule has 6 nitrogen and oxygen atoms in total. The van der Waals surface area contributed by atoms with Gasteiger partial charge in [0.15, 0.2) is 9.84 Å². The Morgan fingerprint density at radius 1 is 1.14 bits per heavy atom. The molecule has 0 aliphatic rings. The van der Waals surface area contributed by atoms with E-state index in [1.807, 2.05) is 0 Å². The van der Waals surface area contributed by atoms with Crippen molar-refractivity contribution in [3.63, 3.8) is 0 Å². The van der Waals surface area contributed by atoms with E-state index in [2.05, 4.69) is 0 Å². The molecule has 0 fully saturated rings. The lowest BCUT2D eigenvalue weighted by Gasteiger charge is -2.07. The summed E-state index contributed by atoms with van der Waals surface area (Å²) in [5.74, 6) is -0.125. The fraction of sp³-hybridized carbons (Fsp3) is 0.143. The lowest BCUT2D eigenvalue weighted by molar-refractivity contribution is -0.385. The van der Waals surface area contributed by atoms with Crippen LogP contribution in [-0.4, -0.2) is 20.5 Å². The molecular formula is C14H13NO5S. The second-order valence-corrected chi connectivity index (χ2v) is 6.31. The van der Waals surface area contributed by atoms with Gasteiger partial charge in [0.1, 0.15) is 5.75 Å². The summed E-state index contributed by atoms with van der Waals surface area (Å²) < 4.78 is 29.5. The summed E-state index contributed by atoms with van der Waals surface area (Å²) >= 11 is 0. The molecule has 0 unspecified atom stereocenters. The highest BCUT2D eigenvalue weighted by Gasteiger charge is 2.22. The van der Waals surface area contributed by atoms with E-state index in [9.17, 15) is 18.5 Å². The highest BCUT2D eigenvalue weighted by molar-refractivity contribution is 7.90. The summed E-state index contributed by atoms with van der Waals surface area (Å²) in [4.78, 5) is 10.6. The monoisotopic (exact) mass is 307 g/mol. The summed E-state index contributed by atoms with van der Waals surface area (Å²) in [6.45, 7) is 0. The summed E-state index contributed by atoms with van der Waals surface area (Å²) in [7, 11) is -2.25. The standard InChI is InChI=1S/C14H13NO5S/c1-20-12-8-7-11(14(9-12)15(16)17)10-21(18,19)13-5-3-2-4-6-13/h2-9H,10H2,1H3. The van der Waals surface area contributed by atoms with Crippen LogP contribution in [0.4, 0.5) is 5.69 Å². The molecule has 2 aromatic carbocycles. The first-order valence-corrected chi connectivity index (χ1v) is 7.68. The molecule has 0 radical (unpaired) electrons. The van der Waals surface area contributed by atoms with E-state index in [0.29, 0.717) is 5.75 Å². The first-order valence-electron chi connectivity index (χ1n) is 6.03. The molecule has 0 atom stereocenters. The van der Waals surface area contributed by atoms with Gasteiger partial charge in [0, 0.05) is 5.56 Å². The predicted octanol–water partition coefficient (Wildman–Crippen LogP) is 2.58. The molecule has 0 amide bonds. The van der Waals surface area contributed by atoms with Gasteiger partial charge >= 0.3 is 0 Å². The van der Waals surface area contributed by atoms with Crippen LogP contribution < -0.4 is 4.74 Å². The molecule has 7 heteroatoms. The Balaban J connectivity index is 2.42. The second kappa shape index (κ2) is 5.92. The van der Waals surface area contributed by atoms with E-state index in [4.69, 9.17) is 4.74 Å². The molecule has 0 N–H and O–H groups in total.